The summed E-state index contributed by atoms with van der Waals surface area (Å²) in [6.07, 6.45) is 5.30. The van der Waals surface area contributed by atoms with Gasteiger partial charge in [-0.2, -0.15) is 5.10 Å². The molecule has 8 heteroatoms. The zero-order valence-electron chi connectivity index (χ0n) is 16.5. The Kier molecular flexibility index (Phi) is 5.47. The van der Waals surface area contributed by atoms with E-state index in [1.165, 1.54) is 4.57 Å². The molecule has 0 spiro atoms. The van der Waals surface area contributed by atoms with Crippen LogP contribution in [0.2, 0.25) is 0 Å². The number of rotatable bonds is 6. The SMILES string of the molecule is Cc1c[nH]c(=O)n1-c1ccccc1NC(=O)NCc1ccc(Cn2cccn2)cc1. The number of amides is 2. The third-order valence-electron chi connectivity index (χ3n) is 4.73. The lowest BCUT2D eigenvalue weighted by Crippen LogP contribution is -2.29. The van der Waals surface area contributed by atoms with E-state index in [1.807, 2.05) is 60.3 Å². The summed E-state index contributed by atoms with van der Waals surface area (Å²) in [5, 5.41) is 9.88. The Balaban J connectivity index is 1.38. The molecule has 0 saturated carbocycles. The minimum absolute atomic E-state index is 0.252. The number of para-hydroxylation sites is 2. The fourth-order valence-corrected chi connectivity index (χ4v) is 3.22. The molecule has 0 aliphatic carbocycles. The Bertz CT molecular complexity index is 1190. The molecule has 4 rings (SSSR count). The highest BCUT2D eigenvalue weighted by atomic mass is 16.2. The van der Waals surface area contributed by atoms with Crippen molar-refractivity contribution in [3.05, 3.63) is 100 Å². The average Bonchev–Trinajstić information content (AvgIpc) is 3.38. The predicted octanol–water partition coefficient (Wildman–Crippen LogP) is 3.04. The van der Waals surface area contributed by atoms with E-state index in [2.05, 4.69) is 20.7 Å². The monoisotopic (exact) mass is 402 g/mol. The largest absolute Gasteiger partial charge is 0.334 e. The van der Waals surface area contributed by atoms with Crippen LogP contribution < -0.4 is 16.3 Å². The van der Waals surface area contributed by atoms with Crippen LogP contribution in [-0.2, 0) is 13.1 Å². The summed E-state index contributed by atoms with van der Waals surface area (Å²) in [5.41, 5.74) is 3.78. The van der Waals surface area contributed by atoms with Gasteiger partial charge in [-0.3, -0.25) is 9.25 Å². The number of aromatic amines is 1. The van der Waals surface area contributed by atoms with Crippen molar-refractivity contribution in [1.29, 1.82) is 0 Å². The number of nitrogens with one attached hydrogen (secondary N) is 3. The number of imidazole rings is 1. The normalized spacial score (nSPS) is 10.7. The van der Waals surface area contributed by atoms with Crippen LogP contribution in [0.25, 0.3) is 5.69 Å². The van der Waals surface area contributed by atoms with Gasteiger partial charge in [0.1, 0.15) is 0 Å². The van der Waals surface area contributed by atoms with Crippen LogP contribution >= 0.6 is 0 Å². The molecule has 0 aliphatic rings. The van der Waals surface area contributed by atoms with Crippen LogP contribution in [0.4, 0.5) is 10.5 Å². The van der Waals surface area contributed by atoms with Gasteiger partial charge in [0.05, 0.1) is 17.9 Å². The molecule has 30 heavy (non-hydrogen) atoms. The first-order valence-corrected chi connectivity index (χ1v) is 9.57. The summed E-state index contributed by atoms with van der Waals surface area (Å²) in [6.45, 7) is 2.92. The highest BCUT2D eigenvalue weighted by Gasteiger charge is 2.11. The molecule has 0 atom stereocenters. The van der Waals surface area contributed by atoms with Gasteiger partial charge in [0, 0.05) is 30.8 Å². The molecular formula is C22H22N6O2. The van der Waals surface area contributed by atoms with Gasteiger partial charge < -0.3 is 15.6 Å². The zero-order valence-corrected chi connectivity index (χ0v) is 16.5. The quantitative estimate of drug-likeness (QED) is 0.462. The number of carbonyl (C=O) groups is 1. The number of H-pyrrole nitrogens is 1. The Morgan fingerprint density at radius 2 is 1.83 bits per heavy atom. The van der Waals surface area contributed by atoms with Crippen LogP contribution in [0, 0.1) is 6.92 Å². The molecule has 3 N–H and O–H groups in total. The highest BCUT2D eigenvalue weighted by Crippen LogP contribution is 2.19. The molecule has 8 nitrogen and oxygen atoms in total. The average molecular weight is 402 g/mol. The second-order valence-electron chi connectivity index (χ2n) is 6.92. The van der Waals surface area contributed by atoms with Crippen molar-refractivity contribution in [3.63, 3.8) is 0 Å². The minimum atomic E-state index is -0.343. The maximum Gasteiger partial charge on any atom is 0.330 e. The Morgan fingerprint density at radius 3 is 2.53 bits per heavy atom. The number of hydrogen-bond donors (Lipinski definition) is 3. The number of urea groups is 1. The molecule has 0 radical (unpaired) electrons. The lowest BCUT2D eigenvalue weighted by atomic mass is 10.1. The summed E-state index contributed by atoms with van der Waals surface area (Å²) in [7, 11) is 0. The molecular weight excluding hydrogens is 380 g/mol. The lowest BCUT2D eigenvalue weighted by molar-refractivity contribution is 0.251. The second kappa shape index (κ2) is 8.52. The molecule has 2 heterocycles. The molecule has 0 aliphatic heterocycles. The van der Waals surface area contributed by atoms with Crippen molar-refractivity contribution in [2.75, 3.05) is 5.32 Å². The van der Waals surface area contributed by atoms with Gasteiger partial charge in [-0.1, -0.05) is 36.4 Å². The Hall–Kier alpha value is -4.07. The molecule has 2 aromatic carbocycles. The summed E-state index contributed by atoms with van der Waals surface area (Å²) in [4.78, 5) is 27.2. The third-order valence-corrected chi connectivity index (χ3v) is 4.73. The maximum atomic E-state index is 12.4. The van der Waals surface area contributed by atoms with E-state index in [1.54, 1.807) is 24.5 Å². The number of aryl methyl sites for hydroxylation is 1. The molecule has 0 unspecified atom stereocenters. The Morgan fingerprint density at radius 1 is 1.07 bits per heavy atom. The van der Waals surface area contributed by atoms with Gasteiger partial charge in [-0.25, -0.2) is 9.59 Å². The number of nitrogens with zero attached hydrogens (tertiary/aromatic N) is 3. The maximum absolute atomic E-state index is 12.4. The minimum Gasteiger partial charge on any atom is -0.334 e. The van der Waals surface area contributed by atoms with Crippen molar-refractivity contribution >= 4 is 11.7 Å². The molecule has 152 valence electrons. The molecule has 0 bridgehead atoms. The smallest absolute Gasteiger partial charge is 0.330 e. The van der Waals surface area contributed by atoms with E-state index in [9.17, 15) is 9.59 Å². The summed E-state index contributed by atoms with van der Waals surface area (Å²) >= 11 is 0. The second-order valence-corrected chi connectivity index (χ2v) is 6.92. The fraction of sp³-hybridized carbons (Fsp3) is 0.136. The fourth-order valence-electron chi connectivity index (χ4n) is 3.22. The first-order chi connectivity index (χ1) is 14.6. The van der Waals surface area contributed by atoms with Gasteiger partial charge in [0.15, 0.2) is 0 Å². The van der Waals surface area contributed by atoms with E-state index >= 15 is 0 Å². The summed E-state index contributed by atoms with van der Waals surface area (Å²) < 4.78 is 3.38. The predicted molar refractivity (Wildman–Crippen MR) is 115 cm³/mol. The zero-order chi connectivity index (χ0) is 20.9. The van der Waals surface area contributed by atoms with Crippen LogP contribution in [0.5, 0.6) is 0 Å². The number of hydrogen-bond acceptors (Lipinski definition) is 3. The molecule has 0 fully saturated rings. The van der Waals surface area contributed by atoms with Crippen molar-refractivity contribution in [2.24, 2.45) is 0 Å². The van der Waals surface area contributed by atoms with Gasteiger partial charge >= 0.3 is 11.7 Å². The van der Waals surface area contributed by atoms with E-state index in [4.69, 9.17) is 0 Å². The summed E-state index contributed by atoms with van der Waals surface area (Å²) in [6, 6.07) is 16.7. The summed E-state index contributed by atoms with van der Waals surface area (Å²) in [5.74, 6) is 0. The van der Waals surface area contributed by atoms with Gasteiger partial charge in [0.25, 0.3) is 0 Å². The topological polar surface area (TPSA) is 96.7 Å². The van der Waals surface area contributed by atoms with Gasteiger partial charge in [0.2, 0.25) is 0 Å². The van der Waals surface area contributed by atoms with E-state index in [0.29, 0.717) is 24.5 Å². The molecule has 0 saturated heterocycles. The van der Waals surface area contributed by atoms with Crippen molar-refractivity contribution < 1.29 is 4.79 Å². The highest BCUT2D eigenvalue weighted by molar-refractivity contribution is 5.91. The van der Waals surface area contributed by atoms with Crippen LogP contribution in [0.1, 0.15) is 16.8 Å². The van der Waals surface area contributed by atoms with Gasteiger partial charge in [-0.05, 0) is 36.2 Å². The first-order valence-electron chi connectivity index (χ1n) is 9.57. The lowest BCUT2D eigenvalue weighted by Gasteiger charge is -2.13. The van der Waals surface area contributed by atoms with E-state index in [-0.39, 0.29) is 11.7 Å². The van der Waals surface area contributed by atoms with Crippen LogP contribution in [0.15, 0.2) is 78.0 Å². The van der Waals surface area contributed by atoms with Crippen molar-refractivity contribution in [1.82, 2.24) is 24.6 Å². The van der Waals surface area contributed by atoms with Gasteiger partial charge in [-0.15, -0.1) is 0 Å². The van der Waals surface area contributed by atoms with Crippen LogP contribution in [-0.4, -0.2) is 25.4 Å². The van der Waals surface area contributed by atoms with Crippen molar-refractivity contribution in [2.45, 2.75) is 20.0 Å². The van der Waals surface area contributed by atoms with E-state index < -0.39 is 0 Å². The standard InChI is InChI=1S/C22H22N6O2/c1-16-13-24-22(30)28(16)20-6-3-2-5-19(20)26-21(29)23-14-17-7-9-18(10-8-17)15-27-12-4-11-25-27/h2-13H,14-15H2,1H3,(H,24,30)(H2,23,26,29). The first kappa shape index (κ1) is 19.3. The Labute approximate surface area is 173 Å². The van der Waals surface area contributed by atoms with E-state index in [0.717, 1.165) is 16.8 Å². The number of aromatic nitrogens is 4. The molecule has 2 amide bonds. The number of benzene rings is 2. The third kappa shape index (κ3) is 4.33. The number of anilines is 1. The molecule has 2 aromatic heterocycles. The molecule has 4 aromatic rings. The van der Waals surface area contributed by atoms with Crippen molar-refractivity contribution in [3.8, 4) is 5.69 Å². The van der Waals surface area contributed by atoms with Crippen LogP contribution in [0.3, 0.4) is 0 Å². The number of carbonyl (C=O) groups excluding carboxylic acids is 1.